The molecule has 0 aliphatic carbocycles. The lowest BCUT2D eigenvalue weighted by molar-refractivity contribution is -0.116. The molecule has 4 heteroatoms. The summed E-state index contributed by atoms with van der Waals surface area (Å²) >= 11 is 0. The Morgan fingerprint density at radius 1 is 1.08 bits per heavy atom. The third kappa shape index (κ3) is 3.15. The Morgan fingerprint density at radius 2 is 1.75 bits per heavy atom. The van der Waals surface area contributed by atoms with Crippen molar-refractivity contribution < 1.29 is 9.53 Å². The molecule has 126 valence electrons. The van der Waals surface area contributed by atoms with Crippen LogP contribution in [-0.2, 0) is 4.79 Å². The van der Waals surface area contributed by atoms with Crippen LogP contribution >= 0.6 is 0 Å². The summed E-state index contributed by atoms with van der Waals surface area (Å²) < 4.78 is 6.15. The van der Waals surface area contributed by atoms with Gasteiger partial charge in [0.25, 0.3) is 5.91 Å². The molecule has 4 nitrogen and oxygen atoms in total. The minimum atomic E-state index is -0.418. The van der Waals surface area contributed by atoms with E-state index in [1.165, 1.54) is 0 Å². The smallest absolute Gasteiger partial charge is 0.263 e. The normalized spacial score (nSPS) is 18.9. The van der Waals surface area contributed by atoms with Crippen molar-refractivity contribution >= 4 is 22.8 Å². The van der Waals surface area contributed by atoms with Crippen LogP contribution in [0.1, 0.15) is 40.2 Å². The van der Waals surface area contributed by atoms with Crippen LogP contribution in [0, 0.1) is 0 Å². The van der Waals surface area contributed by atoms with E-state index in [0.717, 1.165) is 22.1 Å². The van der Waals surface area contributed by atoms with Gasteiger partial charge in [0.2, 0.25) is 0 Å². The van der Waals surface area contributed by atoms with Gasteiger partial charge in [0.15, 0.2) is 0 Å². The number of amides is 1. The molecule has 2 aromatic carbocycles. The molecule has 1 aliphatic rings. The van der Waals surface area contributed by atoms with Gasteiger partial charge in [-0.05, 0) is 57.7 Å². The number of carbonyl (C=O) groups excluding carboxylic acids is 1. The van der Waals surface area contributed by atoms with Crippen molar-refractivity contribution in [1.82, 2.24) is 10.9 Å². The highest BCUT2D eigenvalue weighted by atomic mass is 16.5. The third-order valence-electron chi connectivity index (χ3n) is 4.02. The maximum atomic E-state index is 12.2. The minimum Gasteiger partial charge on any atom is -0.487 e. The molecule has 1 aliphatic heterocycles. The first-order chi connectivity index (χ1) is 11.2. The lowest BCUT2D eigenvalue weighted by Gasteiger charge is -2.23. The molecule has 0 spiro atoms. The molecular formula is C20H24N2O2. The summed E-state index contributed by atoms with van der Waals surface area (Å²) in [6.45, 7) is 10.1. The van der Waals surface area contributed by atoms with Gasteiger partial charge in [-0.15, -0.1) is 0 Å². The van der Waals surface area contributed by atoms with E-state index in [2.05, 4.69) is 23.0 Å². The Kier molecular flexibility index (Phi) is 3.88. The summed E-state index contributed by atoms with van der Waals surface area (Å²) in [5.41, 5.74) is 6.69. The second kappa shape index (κ2) is 5.64. The number of ether oxygens (including phenoxy) is 1. The van der Waals surface area contributed by atoms with Crippen molar-refractivity contribution in [2.24, 2.45) is 0 Å². The summed E-state index contributed by atoms with van der Waals surface area (Å²) in [4.78, 5) is 12.2. The first kappa shape index (κ1) is 16.5. The molecule has 0 radical (unpaired) electrons. The van der Waals surface area contributed by atoms with Gasteiger partial charge in [0.1, 0.15) is 11.4 Å². The van der Waals surface area contributed by atoms with E-state index in [-0.39, 0.29) is 11.5 Å². The number of carbonyl (C=O) groups is 1. The Morgan fingerprint density at radius 3 is 2.33 bits per heavy atom. The van der Waals surface area contributed by atoms with E-state index in [1.807, 2.05) is 65.0 Å². The Bertz CT molecular complexity index is 824. The quantitative estimate of drug-likeness (QED) is 0.826. The van der Waals surface area contributed by atoms with Gasteiger partial charge in [-0.2, -0.15) is 0 Å². The molecule has 1 saturated heterocycles. The van der Waals surface area contributed by atoms with Gasteiger partial charge in [-0.1, -0.05) is 30.3 Å². The zero-order valence-corrected chi connectivity index (χ0v) is 14.9. The molecule has 2 aromatic rings. The van der Waals surface area contributed by atoms with Crippen molar-refractivity contribution in [3.8, 4) is 5.75 Å². The predicted molar refractivity (Wildman–Crippen MR) is 97.7 cm³/mol. The Labute approximate surface area is 142 Å². The van der Waals surface area contributed by atoms with Crippen LogP contribution in [0.15, 0.2) is 42.0 Å². The Hall–Kier alpha value is -2.33. The molecule has 3 rings (SSSR count). The van der Waals surface area contributed by atoms with Crippen molar-refractivity contribution in [2.45, 2.75) is 45.8 Å². The lowest BCUT2D eigenvalue weighted by atomic mass is 9.92. The zero-order chi connectivity index (χ0) is 17.5. The summed E-state index contributed by atoms with van der Waals surface area (Å²) in [5, 5.41) is 2.12. The Balaban J connectivity index is 2.20. The number of benzene rings is 2. The summed E-state index contributed by atoms with van der Waals surface area (Å²) in [6.07, 6.45) is 1.95. The number of hydrogen-bond acceptors (Lipinski definition) is 3. The molecule has 0 unspecified atom stereocenters. The third-order valence-corrected chi connectivity index (χ3v) is 4.02. The lowest BCUT2D eigenvalue weighted by Crippen LogP contribution is -2.38. The average molecular weight is 324 g/mol. The predicted octanol–water partition coefficient (Wildman–Crippen LogP) is 3.81. The fourth-order valence-corrected chi connectivity index (χ4v) is 2.90. The fourth-order valence-electron chi connectivity index (χ4n) is 2.90. The average Bonchev–Trinajstić information content (AvgIpc) is 2.73. The number of hydrogen-bond donors (Lipinski definition) is 2. The molecule has 1 fully saturated rings. The molecule has 0 saturated carbocycles. The van der Waals surface area contributed by atoms with E-state index in [1.54, 1.807) is 0 Å². The molecule has 2 N–H and O–H groups in total. The molecule has 0 bridgehead atoms. The van der Waals surface area contributed by atoms with Crippen LogP contribution in [0.3, 0.4) is 0 Å². The molecule has 24 heavy (non-hydrogen) atoms. The summed E-state index contributed by atoms with van der Waals surface area (Å²) in [7, 11) is 0. The standard InChI is InChI=1S/C20H24N2O2/c1-19(2,3)24-16-11-7-9-13-8-6-10-14(17(13)16)12-15-18(23)21-22-20(15,4)5/h6-12,22H,1-5H3,(H,21,23)/b15-12+. The van der Waals surface area contributed by atoms with Gasteiger partial charge >= 0.3 is 0 Å². The largest absolute Gasteiger partial charge is 0.487 e. The number of nitrogens with one attached hydrogen (secondary N) is 2. The van der Waals surface area contributed by atoms with Gasteiger partial charge < -0.3 is 4.74 Å². The van der Waals surface area contributed by atoms with Crippen LogP contribution in [-0.4, -0.2) is 17.0 Å². The van der Waals surface area contributed by atoms with Crippen LogP contribution < -0.4 is 15.6 Å². The van der Waals surface area contributed by atoms with Gasteiger partial charge in [-0.3, -0.25) is 10.2 Å². The van der Waals surface area contributed by atoms with Crippen molar-refractivity contribution in [3.63, 3.8) is 0 Å². The molecular weight excluding hydrogens is 300 g/mol. The maximum Gasteiger partial charge on any atom is 0.263 e. The first-order valence-corrected chi connectivity index (χ1v) is 8.18. The van der Waals surface area contributed by atoms with Gasteiger partial charge in [-0.25, -0.2) is 5.43 Å². The van der Waals surface area contributed by atoms with Crippen LogP contribution in [0.25, 0.3) is 16.8 Å². The molecule has 0 atom stereocenters. The van der Waals surface area contributed by atoms with Gasteiger partial charge in [0.05, 0.1) is 5.54 Å². The topological polar surface area (TPSA) is 50.4 Å². The van der Waals surface area contributed by atoms with E-state index in [4.69, 9.17) is 4.74 Å². The highest BCUT2D eigenvalue weighted by molar-refractivity contribution is 6.05. The molecule has 1 heterocycles. The van der Waals surface area contributed by atoms with Crippen LogP contribution in [0.5, 0.6) is 5.75 Å². The summed E-state index contributed by atoms with van der Waals surface area (Å²) in [5.74, 6) is 0.739. The van der Waals surface area contributed by atoms with Gasteiger partial charge in [0, 0.05) is 11.0 Å². The SMILES string of the molecule is CC(C)(C)Oc1cccc2cccc(/C=C3\C(=O)NNC3(C)C)c12. The summed E-state index contributed by atoms with van der Waals surface area (Å²) in [6, 6.07) is 12.1. The molecule has 1 amide bonds. The number of rotatable bonds is 2. The van der Waals surface area contributed by atoms with Crippen LogP contribution in [0.2, 0.25) is 0 Å². The van der Waals surface area contributed by atoms with E-state index < -0.39 is 5.54 Å². The van der Waals surface area contributed by atoms with Crippen molar-refractivity contribution in [2.75, 3.05) is 0 Å². The maximum absolute atomic E-state index is 12.2. The molecule has 0 aromatic heterocycles. The van der Waals surface area contributed by atoms with E-state index in [9.17, 15) is 4.79 Å². The van der Waals surface area contributed by atoms with E-state index in [0.29, 0.717) is 5.57 Å². The second-order valence-corrected chi connectivity index (χ2v) is 7.68. The number of fused-ring (bicyclic) bond motifs is 1. The first-order valence-electron chi connectivity index (χ1n) is 8.18. The van der Waals surface area contributed by atoms with Crippen molar-refractivity contribution in [3.05, 3.63) is 47.5 Å². The minimum absolute atomic E-state index is 0.0915. The number of hydrazine groups is 1. The van der Waals surface area contributed by atoms with E-state index >= 15 is 0 Å². The highest BCUT2D eigenvalue weighted by Gasteiger charge is 2.35. The monoisotopic (exact) mass is 324 g/mol. The fraction of sp³-hybridized carbons (Fsp3) is 0.350. The highest BCUT2D eigenvalue weighted by Crippen LogP contribution is 2.34. The van der Waals surface area contributed by atoms with Crippen LogP contribution in [0.4, 0.5) is 0 Å². The second-order valence-electron chi connectivity index (χ2n) is 7.68. The zero-order valence-electron chi connectivity index (χ0n) is 14.9. The van der Waals surface area contributed by atoms with Crippen molar-refractivity contribution in [1.29, 1.82) is 0 Å².